The number of carbonyl (C=O) groups is 2. The van der Waals surface area contributed by atoms with Gasteiger partial charge in [-0.15, -0.1) is 0 Å². The normalized spacial score (nSPS) is 10.3. The third-order valence-corrected chi connectivity index (χ3v) is 4.22. The molecule has 1 amide bonds. The molecule has 0 atom stereocenters. The summed E-state index contributed by atoms with van der Waals surface area (Å²) in [7, 11) is 0. The van der Waals surface area contributed by atoms with Gasteiger partial charge in [0.2, 0.25) is 0 Å². The molecular formula is C22H19NO4. The highest BCUT2D eigenvalue weighted by molar-refractivity contribution is 6.08. The second-order valence-corrected chi connectivity index (χ2v) is 6.18. The largest absolute Gasteiger partial charge is 0.478 e. The maximum atomic E-state index is 12.6. The number of para-hydroxylation sites is 1. The van der Waals surface area contributed by atoms with Crippen molar-refractivity contribution in [3.63, 3.8) is 0 Å². The van der Waals surface area contributed by atoms with Crippen molar-refractivity contribution in [3.05, 3.63) is 89.0 Å². The van der Waals surface area contributed by atoms with Crippen LogP contribution in [0.4, 0.5) is 5.69 Å². The number of carboxylic acid groups (broad SMARTS) is 1. The summed E-state index contributed by atoms with van der Waals surface area (Å²) in [6.45, 7) is 3.88. The summed E-state index contributed by atoms with van der Waals surface area (Å²) in [5.74, 6) is -0.456. The van der Waals surface area contributed by atoms with Crippen LogP contribution < -0.4 is 10.1 Å². The van der Waals surface area contributed by atoms with Crippen LogP contribution in [0.5, 0.6) is 11.5 Å². The first kappa shape index (κ1) is 18.2. The molecule has 0 aliphatic heterocycles. The summed E-state index contributed by atoms with van der Waals surface area (Å²) in [5, 5.41) is 12.1. The van der Waals surface area contributed by atoms with Crippen molar-refractivity contribution in [2.75, 3.05) is 5.32 Å². The monoisotopic (exact) mass is 361 g/mol. The topological polar surface area (TPSA) is 75.6 Å². The van der Waals surface area contributed by atoms with Crippen LogP contribution in [0, 0.1) is 13.8 Å². The molecule has 0 spiro atoms. The molecule has 3 rings (SSSR count). The van der Waals surface area contributed by atoms with Crippen molar-refractivity contribution >= 4 is 17.6 Å². The third-order valence-electron chi connectivity index (χ3n) is 4.22. The maximum absolute atomic E-state index is 12.6. The summed E-state index contributed by atoms with van der Waals surface area (Å²) in [6, 6.07) is 18.9. The van der Waals surface area contributed by atoms with Crippen LogP contribution in [0.3, 0.4) is 0 Å². The molecule has 27 heavy (non-hydrogen) atoms. The molecule has 0 saturated heterocycles. The van der Waals surface area contributed by atoms with E-state index in [1.54, 1.807) is 30.3 Å². The molecule has 0 bridgehead atoms. The fourth-order valence-corrected chi connectivity index (χ4v) is 2.58. The van der Waals surface area contributed by atoms with E-state index in [1.807, 2.05) is 38.1 Å². The van der Waals surface area contributed by atoms with Gasteiger partial charge in [0.1, 0.15) is 11.5 Å². The van der Waals surface area contributed by atoms with Crippen LogP contribution in [0.1, 0.15) is 31.8 Å². The molecule has 2 N–H and O–H groups in total. The van der Waals surface area contributed by atoms with Gasteiger partial charge in [-0.3, -0.25) is 4.79 Å². The van der Waals surface area contributed by atoms with Crippen molar-refractivity contribution < 1.29 is 19.4 Å². The summed E-state index contributed by atoms with van der Waals surface area (Å²) < 4.78 is 5.73. The first-order chi connectivity index (χ1) is 12.9. The summed E-state index contributed by atoms with van der Waals surface area (Å²) in [5.41, 5.74) is 2.70. The van der Waals surface area contributed by atoms with Crippen molar-refractivity contribution in [1.29, 1.82) is 0 Å². The van der Waals surface area contributed by atoms with Crippen LogP contribution in [-0.4, -0.2) is 17.0 Å². The minimum atomic E-state index is -1.13. The Morgan fingerprint density at radius 2 is 1.59 bits per heavy atom. The number of aromatic carboxylic acids is 1. The number of anilines is 1. The van der Waals surface area contributed by atoms with Crippen molar-refractivity contribution in [2.45, 2.75) is 13.8 Å². The molecule has 0 aliphatic rings. The fraction of sp³-hybridized carbons (Fsp3) is 0.0909. The van der Waals surface area contributed by atoms with E-state index in [2.05, 4.69) is 5.32 Å². The summed E-state index contributed by atoms with van der Waals surface area (Å²) in [4.78, 5) is 24.1. The highest BCUT2D eigenvalue weighted by Gasteiger charge is 2.15. The van der Waals surface area contributed by atoms with Gasteiger partial charge in [0.25, 0.3) is 5.91 Å². The van der Waals surface area contributed by atoms with Gasteiger partial charge in [-0.1, -0.05) is 24.3 Å². The van der Waals surface area contributed by atoms with Crippen molar-refractivity contribution in [2.24, 2.45) is 0 Å². The number of aryl methyl sites for hydroxylation is 2. The smallest absolute Gasteiger partial charge is 0.337 e. The van der Waals surface area contributed by atoms with E-state index in [-0.39, 0.29) is 17.2 Å². The second-order valence-electron chi connectivity index (χ2n) is 6.18. The zero-order chi connectivity index (χ0) is 19.4. The number of hydrogen-bond acceptors (Lipinski definition) is 3. The standard InChI is InChI=1S/C22H19NO4/c1-14-8-9-16(12-15(14)2)21(24)23-20-13-18(10-11-19(20)22(25)26)27-17-6-4-3-5-7-17/h3-13H,1-2H3,(H,23,24)(H,25,26). The molecule has 0 unspecified atom stereocenters. The van der Waals surface area contributed by atoms with Crippen LogP contribution in [0.25, 0.3) is 0 Å². The van der Waals surface area contributed by atoms with Crippen LogP contribution >= 0.6 is 0 Å². The molecule has 0 saturated carbocycles. The lowest BCUT2D eigenvalue weighted by Crippen LogP contribution is -2.15. The molecule has 0 aromatic heterocycles. The Kier molecular flexibility index (Phi) is 5.22. The molecule has 0 radical (unpaired) electrons. The first-order valence-electron chi connectivity index (χ1n) is 8.43. The van der Waals surface area contributed by atoms with Gasteiger partial charge in [0, 0.05) is 11.6 Å². The lowest BCUT2D eigenvalue weighted by atomic mass is 10.1. The average Bonchev–Trinajstić information content (AvgIpc) is 2.64. The van der Waals surface area contributed by atoms with E-state index in [0.29, 0.717) is 17.1 Å². The van der Waals surface area contributed by atoms with Crippen LogP contribution in [0.15, 0.2) is 66.7 Å². The quantitative estimate of drug-likeness (QED) is 0.667. The highest BCUT2D eigenvalue weighted by atomic mass is 16.5. The van der Waals surface area contributed by atoms with Gasteiger partial charge < -0.3 is 15.2 Å². The first-order valence-corrected chi connectivity index (χ1v) is 8.43. The minimum Gasteiger partial charge on any atom is -0.478 e. The Morgan fingerprint density at radius 3 is 2.26 bits per heavy atom. The summed E-state index contributed by atoms with van der Waals surface area (Å²) >= 11 is 0. The van der Waals surface area contributed by atoms with E-state index in [1.165, 1.54) is 12.1 Å². The predicted octanol–water partition coefficient (Wildman–Crippen LogP) is 5.05. The number of amides is 1. The van der Waals surface area contributed by atoms with E-state index in [9.17, 15) is 14.7 Å². The molecule has 0 heterocycles. The number of carbonyl (C=O) groups excluding carboxylic acids is 1. The highest BCUT2D eigenvalue weighted by Crippen LogP contribution is 2.27. The second kappa shape index (κ2) is 7.74. The van der Waals surface area contributed by atoms with Gasteiger partial charge in [-0.05, 0) is 61.4 Å². The SMILES string of the molecule is Cc1ccc(C(=O)Nc2cc(Oc3ccccc3)ccc2C(=O)O)cc1C. The molecule has 3 aromatic rings. The number of hydrogen-bond donors (Lipinski definition) is 2. The van der Waals surface area contributed by atoms with Crippen molar-refractivity contribution in [3.8, 4) is 11.5 Å². The van der Waals surface area contributed by atoms with E-state index in [4.69, 9.17) is 4.74 Å². The Hall–Kier alpha value is -3.60. The Balaban J connectivity index is 1.89. The number of rotatable bonds is 5. The van der Waals surface area contributed by atoms with E-state index >= 15 is 0 Å². The number of ether oxygens (including phenoxy) is 1. The van der Waals surface area contributed by atoms with Crippen LogP contribution in [-0.2, 0) is 0 Å². The van der Waals surface area contributed by atoms with Gasteiger partial charge in [0.15, 0.2) is 0 Å². The number of carboxylic acids is 1. The lowest BCUT2D eigenvalue weighted by molar-refractivity contribution is 0.0698. The minimum absolute atomic E-state index is 0.00686. The molecule has 3 aromatic carbocycles. The Morgan fingerprint density at radius 1 is 0.852 bits per heavy atom. The molecule has 0 aliphatic carbocycles. The zero-order valence-electron chi connectivity index (χ0n) is 15.0. The number of nitrogens with one attached hydrogen (secondary N) is 1. The zero-order valence-corrected chi connectivity index (χ0v) is 15.0. The number of benzene rings is 3. The average molecular weight is 361 g/mol. The maximum Gasteiger partial charge on any atom is 0.337 e. The van der Waals surface area contributed by atoms with Gasteiger partial charge in [0.05, 0.1) is 11.3 Å². The lowest BCUT2D eigenvalue weighted by Gasteiger charge is -2.12. The van der Waals surface area contributed by atoms with Crippen molar-refractivity contribution in [1.82, 2.24) is 0 Å². The van der Waals surface area contributed by atoms with E-state index < -0.39 is 5.97 Å². The van der Waals surface area contributed by atoms with Gasteiger partial charge >= 0.3 is 5.97 Å². The van der Waals surface area contributed by atoms with Gasteiger partial charge in [-0.25, -0.2) is 4.79 Å². The Bertz CT molecular complexity index is 996. The molecule has 0 fully saturated rings. The summed E-state index contributed by atoms with van der Waals surface area (Å²) in [6.07, 6.45) is 0. The van der Waals surface area contributed by atoms with Crippen LogP contribution in [0.2, 0.25) is 0 Å². The van der Waals surface area contributed by atoms with E-state index in [0.717, 1.165) is 11.1 Å². The molecule has 5 heteroatoms. The predicted molar refractivity (Wildman–Crippen MR) is 104 cm³/mol. The molecule has 5 nitrogen and oxygen atoms in total. The molecule has 136 valence electrons. The molecular weight excluding hydrogens is 342 g/mol. The fourth-order valence-electron chi connectivity index (χ4n) is 2.58. The van der Waals surface area contributed by atoms with Gasteiger partial charge in [-0.2, -0.15) is 0 Å². The third kappa shape index (κ3) is 4.33. The Labute approximate surface area is 157 Å².